The maximum atomic E-state index is 12.7. The molecule has 6 nitrogen and oxygen atoms in total. The van der Waals surface area contributed by atoms with Gasteiger partial charge in [0.05, 0.1) is 17.7 Å². The molecule has 1 fully saturated rings. The number of hydrogen-bond acceptors (Lipinski definition) is 6. The average Bonchev–Trinajstić information content (AvgIpc) is 3.30. The highest BCUT2D eigenvalue weighted by atomic mass is 32.1. The van der Waals surface area contributed by atoms with Gasteiger partial charge in [-0.2, -0.15) is 0 Å². The minimum Gasteiger partial charge on any atom is -0.493 e. The fourth-order valence-corrected chi connectivity index (χ4v) is 4.04. The monoisotopic (exact) mass is 359 g/mol. The van der Waals surface area contributed by atoms with E-state index >= 15 is 0 Å². The molecule has 0 bridgehead atoms. The molecule has 2 aliphatic heterocycles. The number of nitrogens with two attached hydrogens (primary N) is 1. The van der Waals surface area contributed by atoms with E-state index in [9.17, 15) is 4.79 Å². The van der Waals surface area contributed by atoms with E-state index in [-0.39, 0.29) is 5.91 Å². The first-order valence-electron chi connectivity index (χ1n) is 8.51. The molecule has 2 aliphatic rings. The third-order valence-electron chi connectivity index (χ3n) is 5.03. The van der Waals surface area contributed by atoms with Crippen LogP contribution in [0.15, 0.2) is 23.6 Å². The number of benzene rings is 1. The van der Waals surface area contributed by atoms with Crippen LogP contribution in [0.4, 0.5) is 5.13 Å². The van der Waals surface area contributed by atoms with Crippen LogP contribution in [0.3, 0.4) is 0 Å². The van der Waals surface area contributed by atoms with Gasteiger partial charge in [0.25, 0.3) is 0 Å². The van der Waals surface area contributed by atoms with Gasteiger partial charge in [-0.3, -0.25) is 4.79 Å². The highest BCUT2D eigenvalue weighted by Gasteiger charge is 2.39. The van der Waals surface area contributed by atoms with Crippen molar-refractivity contribution in [2.75, 3.05) is 31.7 Å². The zero-order valence-electron chi connectivity index (χ0n) is 13.9. The maximum absolute atomic E-state index is 12.7. The Bertz CT molecular complexity index is 784. The SMILES string of the molecule is NCC1(C(=O)Nc2nc(-c3ccc4c(c3)CCO4)cs2)CCOCC1. The molecule has 2 aromatic rings. The molecule has 3 heterocycles. The molecule has 0 atom stereocenters. The third kappa shape index (κ3) is 3.15. The topological polar surface area (TPSA) is 86.5 Å². The molecule has 0 saturated carbocycles. The molecular weight excluding hydrogens is 338 g/mol. The van der Waals surface area contributed by atoms with Gasteiger partial charge >= 0.3 is 0 Å². The van der Waals surface area contributed by atoms with Crippen LogP contribution in [0.2, 0.25) is 0 Å². The molecule has 4 rings (SSSR count). The van der Waals surface area contributed by atoms with E-state index in [4.69, 9.17) is 15.2 Å². The van der Waals surface area contributed by atoms with Crippen molar-refractivity contribution in [3.8, 4) is 17.0 Å². The Balaban J connectivity index is 1.50. The second-order valence-corrected chi connectivity index (χ2v) is 7.37. The van der Waals surface area contributed by atoms with Gasteiger partial charge < -0.3 is 20.5 Å². The summed E-state index contributed by atoms with van der Waals surface area (Å²) in [7, 11) is 0. The van der Waals surface area contributed by atoms with Gasteiger partial charge in [0.1, 0.15) is 5.75 Å². The Labute approximate surface area is 150 Å². The number of carbonyl (C=O) groups is 1. The molecule has 0 spiro atoms. The third-order valence-corrected chi connectivity index (χ3v) is 5.79. The van der Waals surface area contributed by atoms with Crippen molar-refractivity contribution in [1.29, 1.82) is 0 Å². The molecule has 0 aliphatic carbocycles. The van der Waals surface area contributed by atoms with Crippen molar-refractivity contribution in [1.82, 2.24) is 4.98 Å². The number of ether oxygens (including phenoxy) is 2. The standard InChI is InChI=1S/C18H21N3O3S/c19-11-18(4-7-23-8-5-18)16(22)21-17-20-14(10-25-17)12-1-2-15-13(9-12)3-6-24-15/h1-2,9-10H,3-8,11,19H2,(H,20,21,22). The highest BCUT2D eigenvalue weighted by Crippen LogP contribution is 2.34. The molecule has 0 unspecified atom stereocenters. The first-order chi connectivity index (χ1) is 12.2. The van der Waals surface area contributed by atoms with E-state index in [2.05, 4.69) is 16.4 Å². The lowest BCUT2D eigenvalue weighted by molar-refractivity contribution is -0.130. The molecule has 0 radical (unpaired) electrons. The van der Waals surface area contributed by atoms with Crippen LogP contribution in [0, 0.1) is 5.41 Å². The second-order valence-electron chi connectivity index (χ2n) is 6.51. The number of carbonyl (C=O) groups excluding carboxylic acids is 1. The van der Waals surface area contributed by atoms with E-state index in [1.807, 2.05) is 17.5 Å². The zero-order valence-corrected chi connectivity index (χ0v) is 14.7. The first-order valence-corrected chi connectivity index (χ1v) is 9.39. The van der Waals surface area contributed by atoms with Gasteiger partial charge in [-0.05, 0) is 36.6 Å². The summed E-state index contributed by atoms with van der Waals surface area (Å²) in [6.07, 6.45) is 2.23. The number of thiazole rings is 1. The van der Waals surface area contributed by atoms with Crippen LogP contribution in [0.5, 0.6) is 5.75 Å². The van der Waals surface area contributed by atoms with E-state index in [0.29, 0.717) is 37.7 Å². The van der Waals surface area contributed by atoms with Crippen molar-refractivity contribution in [2.24, 2.45) is 11.1 Å². The first kappa shape index (κ1) is 16.5. The number of amides is 1. The van der Waals surface area contributed by atoms with Crippen LogP contribution < -0.4 is 15.8 Å². The Kier molecular flexibility index (Phi) is 4.45. The molecule has 1 aromatic heterocycles. The van der Waals surface area contributed by atoms with Gasteiger partial charge in [0.15, 0.2) is 5.13 Å². The number of anilines is 1. The largest absolute Gasteiger partial charge is 0.493 e. The Morgan fingerprint density at radius 2 is 2.16 bits per heavy atom. The number of fused-ring (bicyclic) bond motifs is 1. The van der Waals surface area contributed by atoms with Gasteiger partial charge in [-0.15, -0.1) is 11.3 Å². The molecule has 1 saturated heterocycles. The van der Waals surface area contributed by atoms with Crippen molar-refractivity contribution < 1.29 is 14.3 Å². The molecule has 7 heteroatoms. The normalized spacial score (nSPS) is 18.4. The quantitative estimate of drug-likeness (QED) is 0.876. The van der Waals surface area contributed by atoms with E-state index in [0.717, 1.165) is 30.0 Å². The van der Waals surface area contributed by atoms with Crippen LogP contribution >= 0.6 is 11.3 Å². The van der Waals surface area contributed by atoms with Crippen molar-refractivity contribution >= 4 is 22.4 Å². The number of nitrogens with zero attached hydrogens (tertiary/aromatic N) is 1. The summed E-state index contributed by atoms with van der Waals surface area (Å²) in [6.45, 7) is 2.21. The predicted octanol–water partition coefficient (Wildman–Crippen LogP) is 2.44. The van der Waals surface area contributed by atoms with E-state index in [1.54, 1.807) is 0 Å². The van der Waals surface area contributed by atoms with Crippen LogP contribution in [-0.4, -0.2) is 37.3 Å². The zero-order chi connectivity index (χ0) is 17.3. The summed E-state index contributed by atoms with van der Waals surface area (Å²) in [6, 6.07) is 6.11. The van der Waals surface area contributed by atoms with Gasteiger partial charge in [-0.25, -0.2) is 4.98 Å². The number of hydrogen-bond donors (Lipinski definition) is 2. The summed E-state index contributed by atoms with van der Waals surface area (Å²) in [5.41, 5.74) is 8.46. The Morgan fingerprint density at radius 3 is 2.96 bits per heavy atom. The minimum atomic E-state index is -0.547. The summed E-state index contributed by atoms with van der Waals surface area (Å²) in [5.74, 6) is 0.901. The van der Waals surface area contributed by atoms with Crippen molar-refractivity contribution in [3.63, 3.8) is 0 Å². The maximum Gasteiger partial charge on any atom is 0.233 e. The van der Waals surface area contributed by atoms with Gasteiger partial charge in [-0.1, -0.05) is 0 Å². The summed E-state index contributed by atoms with van der Waals surface area (Å²) in [5, 5.41) is 5.53. The summed E-state index contributed by atoms with van der Waals surface area (Å²) < 4.78 is 10.9. The molecule has 132 valence electrons. The lowest BCUT2D eigenvalue weighted by Crippen LogP contribution is -2.46. The second kappa shape index (κ2) is 6.74. The van der Waals surface area contributed by atoms with Gasteiger partial charge in [0.2, 0.25) is 5.91 Å². The van der Waals surface area contributed by atoms with Crippen LogP contribution in [0.25, 0.3) is 11.3 Å². The fourth-order valence-electron chi connectivity index (χ4n) is 3.33. The number of aromatic nitrogens is 1. The van der Waals surface area contributed by atoms with Crippen LogP contribution in [0.1, 0.15) is 18.4 Å². The number of nitrogens with one attached hydrogen (secondary N) is 1. The molecule has 25 heavy (non-hydrogen) atoms. The smallest absolute Gasteiger partial charge is 0.233 e. The summed E-state index contributed by atoms with van der Waals surface area (Å²) in [4.78, 5) is 17.3. The van der Waals surface area contributed by atoms with E-state index < -0.39 is 5.41 Å². The molecule has 1 amide bonds. The van der Waals surface area contributed by atoms with Crippen LogP contribution in [-0.2, 0) is 16.0 Å². The van der Waals surface area contributed by atoms with E-state index in [1.165, 1.54) is 16.9 Å². The predicted molar refractivity (Wildman–Crippen MR) is 96.9 cm³/mol. The molecule has 1 aromatic carbocycles. The number of rotatable bonds is 4. The summed E-state index contributed by atoms with van der Waals surface area (Å²) >= 11 is 1.43. The van der Waals surface area contributed by atoms with Crippen molar-refractivity contribution in [2.45, 2.75) is 19.3 Å². The van der Waals surface area contributed by atoms with Crippen molar-refractivity contribution in [3.05, 3.63) is 29.1 Å². The van der Waals surface area contributed by atoms with Gasteiger partial charge in [0, 0.05) is 37.1 Å². The Hall–Kier alpha value is -1.96. The Morgan fingerprint density at radius 1 is 1.32 bits per heavy atom. The fraction of sp³-hybridized carbons (Fsp3) is 0.444. The average molecular weight is 359 g/mol. The highest BCUT2D eigenvalue weighted by molar-refractivity contribution is 7.14. The molecular formula is C18H21N3O3S. The minimum absolute atomic E-state index is 0.0541. The molecule has 3 N–H and O–H groups in total. The lowest BCUT2D eigenvalue weighted by Gasteiger charge is -2.34. The lowest BCUT2D eigenvalue weighted by atomic mass is 9.79.